The molecule has 2 heterocycles. The molecule has 1 saturated heterocycles. The second-order valence-corrected chi connectivity index (χ2v) is 7.33. The number of benzene rings is 2. The first-order chi connectivity index (χ1) is 13.2. The molecular weight excluding hydrogens is 363 g/mol. The third kappa shape index (κ3) is 4.19. The minimum Gasteiger partial charge on any atom is -0.368 e. The Hall–Kier alpha value is -2.67. The van der Waals surface area contributed by atoms with Gasteiger partial charge >= 0.3 is 0 Å². The Bertz CT molecular complexity index is 942. The lowest BCUT2D eigenvalue weighted by Gasteiger charge is -2.36. The van der Waals surface area contributed by atoms with E-state index in [1.54, 1.807) is 18.3 Å². The molecule has 27 heavy (non-hydrogen) atoms. The number of carbonyl (C=O) groups excluding carboxylic acids is 1. The monoisotopic (exact) mass is 382 g/mol. The topological polar surface area (TPSA) is 49.3 Å². The maximum atomic E-state index is 13.0. The number of hydrogen-bond acceptors (Lipinski definition) is 5. The van der Waals surface area contributed by atoms with Crippen molar-refractivity contribution in [3.63, 3.8) is 0 Å². The molecule has 0 unspecified atom stereocenters. The van der Waals surface area contributed by atoms with Crippen LogP contribution in [0.3, 0.4) is 0 Å². The first-order valence-electron chi connectivity index (χ1n) is 8.82. The summed E-state index contributed by atoms with van der Waals surface area (Å²) >= 11 is 1.42. The summed E-state index contributed by atoms with van der Waals surface area (Å²) in [5.74, 6) is 0.221. The van der Waals surface area contributed by atoms with Crippen LogP contribution in [0, 0.1) is 5.82 Å². The average molecular weight is 382 g/mol. The van der Waals surface area contributed by atoms with Gasteiger partial charge in [0.05, 0.1) is 23.0 Å². The SMILES string of the molecule is O=C(CSc1cnc2ccccc2n1)N1CCN(c2ccc(F)cc2)CC1. The molecule has 0 N–H and O–H groups in total. The number of halogens is 1. The number of fused-ring (bicyclic) bond motifs is 1. The maximum Gasteiger partial charge on any atom is 0.233 e. The Morgan fingerprint density at radius 3 is 2.44 bits per heavy atom. The van der Waals surface area contributed by atoms with Gasteiger partial charge in [0, 0.05) is 31.9 Å². The summed E-state index contributed by atoms with van der Waals surface area (Å²) in [5, 5.41) is 0.756. The lowest BCUT2D eigenvalue weighted by molar-refractivity contribution is -0.128. The number of rotatable bonds is 4. The Balaban J connectivity index is 1.30. The highest BCUT2D eigenvalue weighted by atomic mass is 32.2. The van der Waals surface area contributed by atoms with E-state index in [-0.39, 0.29) is 11.7 Å². The summed E-state index contributed by atoms with van der Waals surface area (Å²) in [6.45, 7) is 2.83. The van der Waals surface area contributed by atoms with Crippen LogP contribution in [-0.2, 0) is 4.79 Å². The molecule has 5 nitrogen and oxygen atoms in total. The van der Waals surface area contributed by atoms with Gasteiger partial charge in [-0.25, -0.2) is 9.37 Å². The van der Waals surface area contributed by atoms with E-state index in [4.69, 9.17) is 0 Å². The third-order valence-corrected chi connectivity index (χ3v) is 5.48. The first-order valence-corrected chi connectivity index (χ1v) is 9.80. The van der Waals surface area contributed by atoms with Crippen LogP contribution >= 0.6 is 11.8 Å². The molecule has 1 amide bonds. The van der Waals surface area contributed by atoms with E-state index >= 15 is 0 Å². The van der Waals surface area contributed by atoms with Crippen molar-refractivity contribution in [2.75, 3.05) is 36.8 Å². The van der Waals surface area contributed by atoms with Crippen LogP contribution in [0.5, 0.6) is 0 Å². The van der Waals surface area contributed by atoms with Gasteiger partial charge in [-0.1, -0.05) is 23.9 Å². The van der Waals surface area contributed by atoms with Gasteiger partial charge in [0.15, 0.2) is 0 Å². The lowest BCUT2D eigenvalue weighted by Crippen LogP contribution is -2.49. The Morgan fingerprint density at radius 2 is 1.70 bits per heavy atom. The molecule has 0 atom stereocenters. The van der Waals surface area contributed by atoms with Crippen molar-refractivity contribution >= 4 is 34.4 Å². The fourth-order valence-corrected chi connectivity index (χ4v) is 3.85. The zero-order valence-corrected chi connectivity index (χ0v) is 15.5. The van der Waals surface area contributed by atoms with Crippen LogP contribution in [-0.4, -0.2) is 52.7 Å². The number of para-hydroxylation sites is 2. The second kappa shape index (κ2) is 7.92. The Morgan fingerprint density at radius 1 is 1.00 bits per heavy atom. The molecule has 0 bridgehead atoms. The average Bonchev–Trinajstić information content (AvgIpc) is 2.72. The van der Waals surface area contributed by atoms with Crippen molar-refractivity contribution in [2.24, 2.45) is 0 Å². The molecule has 0 saturated carbocycles. The number of amides is 1. The predicted molar refractivity (Wildman–Crippen MR) is 105 cm³/mol. The molecule has 4 rings (SSSR count). The van der Waals surface area contributed by atoms with Crippen molar-refractivity contribution in [2.45, 2.75) is 5.03 Å². The fraction of sp³-hybridized carbons (Fsp3) is 0.250. The number of piperazine rings is 1. The standard InChI is InChI=1S/C20H19FN4OS/c21-15-5-7-16(8-6-15)24-9-11-25(12-10-24)20(26)14-27-19-13-22-17-3-1-2-4-18(17)23-19/h1-8,13H,9-12,14H2. The van der Waals surface area contributed by atoms with E-state index in [0.717, 1.165) is 34.8 Å². The third-order valence-electron chi connectivity index (χ3n) is 4.59. The van der Waals surface area contributed by atoms with Gasteiger partial charge < -0.3 is 9.80 Å². The van der Waals surface area contributed by atoms with Crippen LogP contribution in [0.2, 0.25) is 0 Å². The van der Waals surface area contributed by atoms with E-state index in [1.807, 2.05) is 29.2 Å². The second-order valence-electron chi connectivity index (χ2n) is 6.33. The van der Waals surface area contributed by atoms with Gasteiger partial charge in [-0.05, 0) is 36.4 Å². The normalized spacial score (nSPS) is 14.6. The smallest absolute Gasteiger partial charge is 0.233 e. The van der Waals surface area contributed by atoms with Crippen LogP contribution in [0.4, 0.5) is 10.1 Å². The Kier molecular flexibility index (Phi) is 5.20. The highest BCUT2D eigenvalue weighted by molar-refractivity contribution is 7.99. The van der Waals surface area contributed by atoms with Gasteiger partial charge in [0.1, 0.15) is 10.8 Å². The minimum atomic E-state index is -0.235. The molecule has 2 aromatic carbocycles. The number of hydrogen-bond donors (Lipinski definition) is 0. The molecule has 1 fully saturated rings. The quantitative estimate of drug-likeness (QED) is 0.649. The van der Waals surface area contributed by atoms with E-state index < -0.39 is 0 Å². The molecule has 0 aliphatic carbocycles. The number of thioether (sulfide) groups is 1. The van der Waals surface area contributed by atoms with E-state index in [1.165, 1.54) is 23.9 Å². The lowest BCUT2D eigenvalue weighted by atomic mass is 10.2. The molecule has 7 heteroatoms. The summed E-state index contributed by atoms with van der Waals surface area (Å²) in [6.07, 6.45) is 1.72. The zero-order chi connectivity index (χ0) is 18.6. The number of anilines is 1. The van der Waals surface area contributed by atoms with Gasteiger partial charge in [-0.2, -0.15) is 0 Å². The molecular formula is C20H19FN4OS. The van der Waals surface area contributed by atoms with Crippen LogP contribution in [0.1, 0.15) is 0 Å². The van der Waals surface area contributed by atoms with Crippen LogP contribution in [0.15, 0.2) is 59.8 Å². The van der Waals surface area contributed by atoms with Gasteiger partial charge in [0.25, 0.3) is 0 Å². The van der Waals surface area contributed by atoms with Gasteiger partial charge in [-0.3, -0.25) is 9.78 Å². The summed E-state index contributed by atoms with van der Waals surface area (Å²) in [5.41, 5.74) is 2.68. The van der Waals surface area contributed by atoms with E-state index in [2.05, 4.69) is 14.9 Å². The molecule has 138 valence electrons. The summed E-state index contributed by atoms with van der Waals surface area (Å²) < 4.78 is 13.0. The summed E-state index contributed by atoms with van der Waals surface area (Å²) in [7, 11) is 0. The number of nitrogens with zero attached hydrogens (tertiary/aromatic N) is 4. The fourth-order valence-electron chi connectivity index (χ4n) is 3.10. The summed E-state index contributed by atoms with van der Waals surface area (Å²) in [6, 6.07) is 14.2. The van der Waals surface area contributed by atoms with Crippen molar-refractivity contribution in [3.05, 3.63) is 60.5 Å². The van der Waals surface area contributed by atoms with Gasteiger partial charge in [-0.15, -0.1) is 0 Å². The highest BCUT2D eigenvalue weighted by Gasteiger charge is 2.21. The predicted octanol–water partition coefficient (Wildman–Crippen LogP) is 3.21. The molecule has 0 radical (unpaired) electrons. The molecule has 0 spiro atoms. The van der Waals surface area contributed by atoms with Gasteiger partial charge in [0.2, 0.25) is 5.91 Å². The van der Waals surface area contributed by atoms with Crippen LogP contribution < -0.4 is 4.90 Å². The van der Waals surface area contributed by atoms with E-state index in [0.29, 0.717) is 18.8 Å². The van der Waals surface area contributed by atoms with Crippen molar-refractivity contribution < 1.29 is 9.18 Å². The summed E-state index contributed by atoms with van der Waals surface area (Å²) in [4.78, 5) is 25.5. The first kappa shape index (κ1) is 17.7. The molecule has 3 aromatic rings. The zero-order valence-electron chi connectivity index (χ0n) is 14.7. The van der Waals surface area contributed by atoms with E-state index in [9.17, 15) is 9.18 Å². The largest absolute Gasteiger partial charge is 0.368 e. The van der Waals surface area contributed by atoms with Crippen molar-refractivity contribution in [1.29, 1.82) is 0 Å². The minimum absolute atomic E-state index is 0.105. The molecule has 1 aliphatic heterocycles. The molecule has 1 aliphatic rings. The number of aromatic nitrogens is 2. The van der Waals surface area contributed by atoms with Crippen molar-refractivity contribution in [3.8, 4) is 0 Å². The van der Waals surface area contributed by atoms with Crippen molar-refractivity contribution in [1.82, 2.24) is 14.9 Å². The maximum absolute atomic E-state index is 13.0. The number of carbonyl (C=O) groups is 1. The van der Waals surface area contributed by atoms with Crippen LogP contribution in [0.25, 0.3) is 11.0 Å². The Labute approximate surface area is 161 Å². The highest BCUT2D eigenvalue weighted by Crippen LogP contribution is 2.20. The molecule has 1 aromatic heterocycles.